The lowest BCUT2D eigenvalue weighted by Crippen LogP contribution is -2.09. The molecule has 0 amide bonds. The second-order valence-electron chi connectivity index (χ2n) is 4.55. The van der Waals surface area contributed by atoms with Crippen LogP contribution in [0, 0.1) is 13.8 Å². The largest absolute Gasteiger partial charge is 0.444 e. The number of anilines is 2. The Morgan fingerprint density at radius 2 is 2.06 bits per heavy atom. The summed E-state index contributed by atoms with van der Waals surface area (Å²) in [5.74, 6) is 1.61. The summed E-state index contributed by atoms with van der Waals surface area (Å²) in [5.41, 5.74) is 3.18. The number of oxazole rings is 1. The van der Waals surface area contributed by atoms with Gasteiger partial charge in [0.25, 0.3) is 0 Å². The Bertz CT molecular complexity index is 512. The second kappa shape index (κ2) is 5.12. The van der Waals surface area contributed by atoms with Gasteiger partial charge in [-0.15, -0.1) is 0 Å². The molecule has 1 aromatic carbocycles. The number of rotatable bonds is 4. The molecule has 0 saturated heterocycles. The summed E-state index contributed by atoms with van der Waals surface area (Å²) >= 11 is 0. The minimum atomic E-state index is 0.603. The van der Waals surface area contributed by atoms with Crippen molar-refractivity contribution in [1.29, 1.82) is 0 Å². The summed E-state index contributed by atoms with van der Waals surface area (Å²) in [5, 5.41) is 3.31. The molecule has 1 heterocycles. The van der Waals surface area contributed by atoms with Crippen molar-refractivity contribution < 1.29 is 4.42 Å². The van der Waals surface area contributed by atoms with Crippen molar-refractivity contribution in [3.05, 3.63) is 41.6 Å². The standard InChI is InChI=1S/C14H19N3O/c1-10-11(2)18-14(16-10)9-15-12-6-5-7-13(8-12)17(3)4/h5-8,15H,9H2,1-4H3. The van der Waals surface area contributed by atoms with Crippen LogP contribution in [0.1, 0.15) is 17.3 Å². The van der Waals surface area contributed by atoms with Gasteiger partial charge in [0, 0.05) is 25.5 Å². The fraction of sp³-hybridized carbons (Fsp3) is 0.357. The Hall–Kier alpha value is -1.97. The van der Waals surface area contributed by atoms with E-state index in [1.165, 1.54) is 5.69 Å². The smallest absolute Gasteiger partial charge is 0.213 e. The molecule has 0 aliphatic heterocycles. The van der Waals surface area contributed by atoms with Gasteiger partial charge in [0.1, 0.15) is 5.76 Å². The molecule has 0 unspecified atom stereocenters. The number of nitrogens with zero attached hydrogens (tertiary/aromatic N) is 2. The van der Waals surface area contributed by atoms with Crippen LogP contribution in [0.25, 0.3) is 0 Å². The molecule has 0 bridgehead atoms. The Morgan fingerprint density at radius 3 is 2.67 bits per heavy atom. The van der Waals surface area contributed by atoms with Crippen molar-refractivity contribution >= 4 is 11.4 Å². The molecule has 4 heteroatoms. The van der Waals surface area contributed by atoms with Gasteiger partial charge in [-0.05, 0) is 32.0 Å². The molecule has 0 radical (unpaired) electrons. The lowest BCUT2D eigenvalue weighted by molar-refractivity contribution is 0.478. The van der Waals surface area contributed by atoms with Crippen molar-refractivity contribution in [3.63, 3.8) is 0 Å². The van der Waals surface area contributed by atoms with Crippen LogP contribution in [0.5, 0.6) is 0 Å². The molecule has 0 spiro atoms. The number of hydrogen-bond acceptors (Lipinski definition) is 4. The minimum absolute atomic E-state index is 0.603. The summed E-state index contributed by atoms with van der Waals surface area (Å²) in [6.45, 7) is 4.49. The van der Waals surface area contributed by atoms with Crippen molar-refractivity contribution in [1.82, 2.24) is 4.98 Å². The van der Waals surface area contributed by atoms with E-state index in [2.05, 4.69) is 27.3 Å². The third-order valence-corrected chi connectivity index (χ3v) is 2.88. The van der Waals surface area contributed by atoms with Gasteiger partial charge in [0.2, 0.25) is 5.89 Å². The molecule has 0 fully saturated rings. The normalized spacial score (nSPS) is 10.4. The zero-order valence-electron chi connectivity index (χ0n) is 11.3. The van der Waals surface area contributed by atoms with Gasteiger partial charge in [-0.25, -0.2) is 4.98 Å². The summed E-state index contributed by atoms with van der Waals surface area (Å²) < 4.78 is 5.53. The van der Waals surface area contributed by atoms with Gasteiger partial charge in [0.15, 0.2) is 0 Å². The maximum absolute atomic E-state index is 5.53. The molecule has 4 nitrogen and oxygen atoms in total. The first-order valence-corrected chi connectivity index (χ1v) is 6.00. The molecule has 0 saturated carbocycles. The quantitative estimate of drug-likeness (QED) is 0.899. The van der Waals surface area contributed by atoms with Crippen molar-refractivity contribution in [2.75, 3.05) is 24.3 Å². The number of benzene rings is 1. The van der Waals surface area contributed by atoms with Crippen LogP contribution in [-0.2, 0) is 6.54 Å². The average molecular weight is 245 g/mol. The van der Waals surface area contributed by atoms with E-state index in [0.717, 1.165) is 23.0 Å². The SMILES string of the molecule is Cc1nc(CNc2cccc(N(C)C)c2)oc1C. The number of aryl methyl sites for hydroxylation is 2. The van der Waals surface area contributed by atoms with Crippen LogP contribution in [-0.4, -0.2) is 19.1 Å². The fourth-order valence-electron chi connectivity index (χ4n) is 1.69. The number of aromatic nitrogens is 1. The summed E-state index contributed by atoms with van der Waals surface area (Å²) in [6.07, 6.45) is 0. The average Bonchev–Trinajstić information content (AvgIpc) is 2.67. The molecule has 2 aromatic rings. The Labute approximate surface area is 108 Å². The van der Waals surface area contributed by atoms with Crippen molar-refractivity contribution in [3.8, 4) is 0 Å². The highest BCUT2D eigenvalue weighted by atomic mass is 16.4. The highest BCUT2D eigenvalue weighted by molar-refractivity contribution is 5.57. The van der Waals surface area contributed by atoms with E-state index in [1.807, 2.05) is 40.1 Å². The predicted molar refractivity (Wildman–Crippen MR) is 74.1 cm³/mol. The van der Waals surface area contributed by atoms with Gasteiger partial charge in [-0.2, -0.15) is 0 Å². The van der Waals surface area contributed by atoms with Crippen molar-refractivity contribution in [2.24, 2.45) is 0 Å². The second-order valence-corrected chi connectivity index (χ2v) is 4.55. The van der Waals surface area contributed by atoms with Gasteiger partial charge >= 0.3 is 0 Å². The molecule has 2 rings (SSSR count). The van der Waals surface area contributed by atoms with Crippen molar-refractivity contribution in [2.45, 2.75) is 20.4 Å². The molecular weight excluding hydrogens is 226 g/mol. The molecule has 18 heavy (non-hydrogen) atoms. The third kappa shape index (κ3) is 2.83. The Balaban J connectivity index is 2.03. The highest BCUT2D eigenvalue weighted by Crippen LogP contribution is 2.18. The molecule has 96 valence electrons. The van der Waals surface area contributed by atoms with Gasteiger partial charge in [-0.1, -0.05) is 6.07 Å². The van der Waals surface area contributed by atoms with Gasteiger partial charge in [0.05, 0.1) is 12.2 Å². The van der Waals surface area contributed by atoms with Crippen LogP contribution < -0.4 is 10.2 Å². The van der Waals surface area contributed by atoms with E-state index in [9.17, 15) is 0 Å². The maximum Gasteiger partial charge on any atom is 0.213 e. The Morgan fingerprint density at radius 1 is 1.28 bits per heavy atom. The zero-order chi connectivity index (χ0) is 13.1. The van der Waals surface area contributed by atoms with E-state index >= 15 is 0 Å². The fourth-order valence-corrected chi connectivity index (χ4v) is 1.69. The van der Waals surface area contributed by atoms with Crippen LogP contribution in [0.3, 0.4) is 0 Å². The zero-order valence-corrected chi connectivity index (χ0v) is 11.3. The van der Waals surface area contributed by atoms with Crippen LogP contribution in [0.15, 0.2) is 28.7 Å². The molecule has 1 N–H and O–H groups in total. The molecule has 0 aliphatic rings. The van der Waals surface area contributed by atoms with Gasteiger partial charge < -0.3 is 14.6 Å². The summed E-state index contributed by atoms with van der Waals surface area (Å²) in [6, 6.07) is 8.24. The van der Waals surface area contributed by atoms with E-state index in [4.69, 9.17) is 4.42 Å². The lowest BCUT2D eigenvalue weighted by atomic mass is 10.2. The minimum Gasteiger partial charge on any atom is -0.444 e. The topological polar surface area (TPSA) is 41.3 Å². The van der Waals surface area contributed by atoms with E-state index in [0.29, 0.717) is 6.54 Å². The van der Waals surface area contributed by atoms with Crippen LogP contribution >= 0.6 is 0 Å². The monoisotopic (exact) mass is 245 g/mol. The first-order valence-electron chi connectivity index (χ1n) is 6.00. The van der Waals surface area contributed by atoms with E-state index < -0.39 is 0 Å². The number of hydrogen-bond donors (Lipinski definition) is 1. The maximum atomic E-state index is 5.53. The highest BCUT2D eigenvalue weighted by Gasteiger charge is 2.05. The van der Waals surface area contributed by atoms with E-state index in [1.54, 1.807) is 0 Å². The number of nitrogens with one attached hydrogen (secondary N) is 1. The first-order chi connectivity index (χ1) is 8.56. The Kier molecular flexibility index (Phi) is 3.55. The first kappa shape index (κ1) is 12.5. The van der Waals surface area contributed by atoms with E-state index in [-0.39, 0.29) is 0 Å². The lowest BCUT2D eigenvalue weighted by Gasteiger charge is -2.13. The molecule has 0 atom stereocenters. The molecule has 1 aromatic heterocycles. The summed E-state index contributed by atoms with van der Waals surface area (Å²) in [4.78, 5) is 6.42. The van der Waals surface area contributed by atoms with Crippen LogP contribution in [0.4, 0.5) is 11.4 Å². The predicted octanol–water partition coefficient (Wildman–Crippen LogP) is 2.97. The molecule has 0 aliphatic carbocycles. The third-order valence-electron chi connectivity index (χ3n) is 2.88. The van der Waals surface area contributed by atoms with Crippen LogP contribution in [0.2, 0.25) is 0 Å². The summed E-state index contributed by atoms with van der Waals surface area (Å²) in [7, 11) is 4.06. The van der Waals surface area contributed by atoms with Gasteiger partial charge in [-0.3, -0.25) is 0 Å². The molecular formula is C14H19N3O.